The van der Waals surface area contributed by atoms with E-state index in [4.69, 9.17) is 10.8 Å². The van der Waals surface area contributed by atoms with Crippen LogP contribution in [0.4, 0.5) is 0 Å². The third-order valence-corrected chi connectivity index (χ3v) is 2.34. The van der Waals surface area contributed by atoms with E-state index in [2.05, 4.69) is 5.32 Å². The number of amides is 1. The van der Waals surface area contributed by atoms with Crippen molar-refractivity contribution in [2.75, 3.05) is 6.54 Å². The zero-order chi connectivity index (χ0) is 12.8. The van der Waals surface area contributed by atoms with Gasteiger partial charge in [-0.2, -0.15) is 0 Å². The first-order chi connectivity index (χ1) is 7.28. The van der Waals surface area contributed by atoms with Gasteiger partial charge in [0.05, 0.1) is 6.42 Å². The molecular formula is C11H22N2O3. The molecule has 0 radical (unpaired) electrons. The maximum absolute atomic E-state index is 11.7. The van der Waals surface area contributed by atoms with Crippen LogP contribution >= 0.6 is 0 Å². The van der Waals surface area contributed by atoms with E-state index in [0.717, 1.165) is 12.8 Å². The van der Waals surface area contributed by atoms with Gasteiger partial charge < -0.3 is 16.2 Å². The largest absolute Gasteiger partial charge is 0.481 e. The summed E-state index contributed by atoms with van der Waals surface area (Å²) >= 11 is 0. The summed E-state index contributed by atoms with van der Waals surface area (Å²) in [5.41, 5.74) is 4.65. The monoisotopic (exact) mass is 230 g/mol. The fourth-order valence-electron chi connectivity index (χ4n) is 1.43. The first-order valence-corrected chi connectivity index (χ1v) is 5.52. The number of carboxylic acids is 1. The SMILES string of the molecule is CC(CCCN)C(=O)NC(C)(C)CC(=O)O. The number of carboxylic acid groups (broad SMARTS) is 1. The number of carbonyl (C=O) groups excluding carboxylic acids is 1. The fraction of sp³-hybridized carbons (Fsp3) is 0.818. The summed E-state index contributed by atoms with van der Waals surface area (Å²) in [5.74, 6) is -1.16. The molecule has 16 heavy (non-hydrogen) atoms. The first kappa shape index (κ1) is 14.9. The second-order valence-corrected chi connectivity index (χ2v) is 4.78. The Balaban J connectivity index is 4.15. The number of hydrogen-bond acceptors (Lipinski definition) is 3. The summed E-state index contributed by atoms with van der Waals surface area (Å²) < 4.78 is 0. The van der Waals surface area contributed by atoms with Crippen molar-refractivity contribution in [1.29, 1.82) is 0 Å². The van der Waals surface area contributed by atoms with Crippen LogP contribution in [0.3, 0.4) is 0 Å². The number of rotatable bonds is 7. The molecule has 0 bridgehead atoms. The van der Waals surface area contributed by atoms with Crippen molar-refractivity contribution in [3.63, 3.8) is 0 Å². The first-order valence-electron chi connectivity index (χ1n) is 5.52. The molecule has 1 unspecified atom stereocenters. The maximum Gasteiger partial charge on any atom is 0.305 e. The number of carbonyl (C=O) groups is 2. The van der Waals surface area contributed by atoms with Gasteiger partial charge in [0.2, 0.25) is 5.91 Å². The van der Waals surface area contributed by atoms with E-state index in [-0.39, 0.29) is 18.2 Å². The van der Waals surface area contributed by atoms with E-state index >= 15 is 0 Å². The second kappa shape index (κ2) is 6.48. The van der Waals surface area contributed by atoms with Crippen LogP contribution in [0.5, 0.6) is 0 Å². The highest BCUT2D eigenvalue weighted by molar-refractivity contribution is 5.80. The third kappa shape index (κ3) is 6.40. The zero-order valence-corrected chi connectivity index (χ0v) is 10.2. The molecule has 0 saturated heterocycles. The van der Waals surface area contributed by atoms with Gasteiger partial charge in [0.15, 0.2) is 0 Å². The molecule has 0 heterocycles. The van der Waals surface area contributed by atoms with E-state index in [1.165, 1.54) is 0 Å². The molecule has 94 valence electrons. The van der Waals surface area contributed by atoms with Gasteiger partial charge in [-0.15, -0.1) is 0 Å². The maximum atomic E-state index is 11.7. The molecule has 0 fully saturated rings. The van der Waals surface area contributed by atoms with Gasteiger partial charge in [-0.25, -0.2) is 0 Å². The topological polar surface area (TPSA) is 92.4 Å². The van der Waals surface area contributed by atoms with Crippen molar-refractivity contribution in [2.24, 2.45) is 11.7 Å². The smallest absolute Gasteiger partial charge is 0.305 e. The van der Waals surface area contributed by atoms with Gasteiger partial charge in [0.25, 0.3) is 0 Å². The normalized spacial score (nSPS) is 13.2. The van der Waals surface area contributed by atoms with E-state index < -0.39 is 11.5 Å². The summed E-state index contributed by atoms with van der Waals surface area (Å²) in [6, 6.07) is 0. The zero-order valence-electron chi connectivity index (χ0n) is 10.2. The van der Waals surface area contributed by atoms with Crippen LogP contribution in [0.15, 0.2) is 0 Å². The number of nitrogens with two attached hydrogens (primary N) is 1. The van der Waals surface area contributed by atoms with E-state index in [9.17, 15) is 9.59 Å². The molecule has 0 aromatic carbocycles. The Kier molecular flexibility index (Phi) is 6.03. The Labute approximate surface area is 96.4 Å². The molecule has 1 amide bonds. The summed E-state index contributed by atoms with van der Waals surface area (Å²) in [4.78, 5) is 22.3. The minimum Gasteiger partial charge on any atom is -0.481 e. The molecule has 5 heteroatoms. The molecule has 4 N–H and O–H groups in total. The molecule has 0 rings (SSSR count). The van der Waals surface area contributed by atoms with Gasteiger partial charge in [0.1, 0.15) is 0 Å². The standard InChI is InChI=1S/C11H22N2O3/c1-8(5-4-6-12)10(16)13-11(2,3)7-9(14)15/h8H,4-7,12H2,1-3H3,(H,13,16)(H,14,15). The molecule has 0 aliphatic rings. The van der Waals surface area contributed by atoms with E-state index in [0.29, 0.717) is 6.54 Å². The summed E-state index contributed by atoms with van der Waals surface area (Å²) in [7, 11) is 0. The minimum absolute atomic E-state index is 0.0810. The van der Waals surface area contributed by atoms with Crippen molar-refractivity contribution in [3.05, 3.63) is 0 Å². The third-order valence-electron chi connectivity index (χ3n) is 2.34. The molecular weight excluding hydrogens is 208 g/mol. The van der Waals surface area contributed by atoms with Gasteiger partial charge >= 0.3 is 5.97 Å². The van der Waals surface area contributed by atoms with Gasteiger partial charge in [-0.05, 0) is 33.2 Å². The highest BCUT2D eigenvalue weighted by Crippen LogP contribution is 2.12. The van der Waals surface area contributed by atoms with Crippen molar-refractivity contribution in [1.82, 2.24) is 5.32 Å². The van der Waals surface area contributed by atoms with Crippen LogP contribution < -0.4 is 11.1 Å². The van der Waals surface area contributed by atoms with Gasteiger partial charge in [-0.3, -0.25) is 9.59 Å². The Morgan fingerprint density at radius 1 is 1.44 bits per heavy atom. The average molecular weight is 230 g/mol. The Bertz CT molecular complexity index is 252. The summed E-state index contributed by atoms with van der Waals surface area (Å²) in [5, 5.41) is 11.4. The molecule has 5 nitrogen and oxygen atoms in total. The number of aliphatic carboxylic acids is 1. The quantitative estimate of drug-likeness (QED) is 0.601. The molecule has 0 aliphatic heterocycles. The van der Waals surface area contributed by atoms with Crippen LogP contribution in [0.1, 0.15) is 40.0 Å². The molecule has 0 saturated carbocycles. The van der Waals surface area contributed by atoms with Crippen molar-refractivity contribution < 1.29 is 14.7 Å². The van der Waals surface area contributed by atoms with Crippen LogP contribution in [0.25, 0.3) is 0 Å². The van der Waals surface area contributed by atoms with E-state index in [1.54, 1.807) is 13.8 Å². The molecule has 0 aromatic heterocycles. The highest BCUT2D eigenvalue weighted by atomic mass is 16.4. The second-order valence-electron chi connectivity index (χ2n) is 4.78. The van der Waals surface area contributed by atoms with Gasteiger partial charge in [0, 0.05) is 11.5 Å². The molecule has 0 spiro atoms. The molecule has 0 aliphatic carbocycles. The fourth-order valence-corrected chi connectivity index (χ4v) is 1.43. The van der Waals surface area contributed by atoms with Crippen LogP contribution in [-0.4, -0.2) is 29.1 Å². The molecule has 0 aromatic rings. The lowest BCUT2D eigenvalue weighted by Gasteiger charge is -2.26. The van der Waals surface area contributed by atoms with Gasteiger partial charge in [-0.1, -0.05) is 6.92 Å². The minimum atomic E-state index is -0.917. The molecule has 1 atom stereocenters. The predicted octanol–water partition coefficient (Wildman–Crippen LogP) is 0.731. The summed E-state index contributed by atoms with van der Waals surface area (Å²) in [6.07, 6.45) is 1.45. The van der Waals surface area contributed by atoms with Crippen LogP contribution in [0, 0.1) is 5.92 Å². The average Bonchev–Trinajstić information content (AvgIpc) is 2.10. The number of hydrogen-bond donors (Lipinski definition) is 3. The van der Waals surface area contributed by atoms with Crippen molar-refractivity contribution in [3.8, 4) is 0 Å². The van der Waals surface area contributed by atoms with Crippen molar-refractivity contribution >= 4 is 11.9 Å². The summed E-state index contributed by atoms with van der Waals surface area (Å²) in [6.45, 7) is 5.79. The van der Waals surface area contributed by atoms with E-state index in [1.807, 2.05) is 6.92 Å². The lowest BCUT2D eigenvalue weighted by atomic mass is 9.98. The lowest BCUT2D eigenvalue weighted by Crippen LogP contribution is -2.47. The van der Waals surface area contributed by atoms with Crippen LogP contribution in [-0.2, 0) is 9.59 Å². The van der Waals surface area contributed by atoms with Crippen molar-refractivity contribution in [2.45, 2.75) is 45.6 Å². The van der Waals surface area contributed by atoms with Crippen LogP contribution in [0.2, 0.25) is 0 Å². The Morgan fingerprint density at radius 3 is 2.44 bits per heavy atom. The highest BCUT2D eigenvalue weighted by Gasteiger charge is 2.25. The Morgan fingerprint density at radius 2 is 2.00 bits per heavy atom. The lowest BCUT2D eigenvalue weighted by molar-refractivity contribution is -0.138. The Hall–Kier alpha value is -1.10. The number of nitrogens with one attached hydrogen (secondary N) is 1. The predicted molar refractivity (Wildman–Crippen MR) is 61.9 cm³/mol.